The molecule has 1 amide bonds. The first-order valence-electron chi connectivity index (χ1n) is 5.71. The van der Waals surface area contributed by atoms with Crippen molar-refractivity contribution in [2.75, 3.05) is 40.8 Å². The molecule has 0 bridgehead atoms. The largest absolute Gasteiger partial charge is 0.348 e. The number of nitrogens with one attached hydrogen (secondary N) is 1. The van der Waals surface area contributed by atoms with Gasteiger partial charge >= 0.3 is 0 Å². The number of rotatable bonds is 4. The molecule has 1 heterocycles. The van der Waals surface area contributed by atoms with Crippen LogP contribution in [-0.4, -0.2) is 62.5 Å². The summed E-state index contributed by atoms with van der Waals surface area (Å²) in [6, 6.07) is 0.568. The molecule has 1 fully saturated rings. The predicted octanol–water partition coefficient (Wildman–Crippen LogP) is 0.149. The van der Waals surface area contributed by atoms with Crippen LogP contribution in [0.25, 0.3) is 0 Å². The molecule has 0 radical (unpaired) electrons. The predicted molar refractivity (Wildman–Crippen MR) is 61.8 cm³/mol. The van der Waals surface area contributed by atoms with Crippen molar-refractivity contribution < 1.29 is 4.79 Å². The number of nitrogens with zero attached hydrogens (tertiary/aromatic N) is 2. The van der Waals surface area contributed by atoms with E-state index >= 15 is 0 Å². The lowest BCUT2D eigenvalue weighted by Crippen LogP contribution is -2.45. The maximum Gasteiger partial charge on any atom is 0.236 e. The van der Waals surface area contributed by atoms with E-state index in [-0.39, 0.29) is 5.91 Å². The number of carbonyl (C=O) groups is 1. The van der Waals surface area contributed by atoms with Crippen molar-refractivity contribution in [3.05, 3.63) is 0 Å². The molecule has 15 heavy (non-hydrogen) atoms. The molecule has 0 aliphatic carbocycles. The zero-order valence-corrected chi connectivity index (χ0v) is 10.1. The van der Waals surface area contributed by atoms with Gasteiger partial charge in [0, 0.05) is 26.7 Å². The number of piperidine rings is 1. The van der Waals surface area contributed by atoms with Crippen LogP contribution >= 0.6 is 0 Å². The van der Waals surface area contributed by atoms with Gasteiger partial charge in [-0.15, -0.1) is 0 Å². The summed E-state index contributed by atoms with van der Waals surface area (Å²) in [5.74, 6) is 0.174. The summed E-state index contributed by atoms with van der Waals surface area (Å²) in [6.07, 6.45) is 3.84. The molecule has 4 heteroatoms. The summed E-state index contributed by atoms with van der Waals surface area (Å²) in [5, 5.41) is 3.49. The van der Waals surface area contributed by atoms with E-state index in [0.717, 1.165) is 13.1 Å². The normalized spacial score (nSPS) is 21.7. The zero-order valence-electron chi connectivity index (χ0n) is 10.1. The standard InChI is InChI=1S/C11H23N3O/c1-13(2)11(15)9-14(3)8-10-6-4-5-7-12-10/h10,12H,4-9H2,1-3H3. The molecule has 0 aromatic heterocycles. The Morgan fingerprint density at radius 3 is 2.60 bits per heavy atom. The molecule has 1 rings (SSSR count). The molecule has 1 aliphatic rings. The van der Waals surface area contributed by atoms with Crippen LogP contribution < -0.4 is 5.32 Å². The van der Waals surface area contributed by atoms with Gasteiger partial charge in [-0.05, 0) is 26.4 Å². The molecule has 1 saturated heterocycles. The Kier molecular flexibility index (Phi) is 5.05. The van der Waals surface area contributed by atoms with E-state index < -0.39 is 0 Å². The van der Waals surface area contributed by atoms with Crippen LogP contribution in [0.5, 0.6) is 0 Å². The van der Waals surface area contributed by atoms with Crippen LogP contribution in [0.15, 0.2) is 0 Å². The third-order valence-electron chi connectivity index (χ3n) is 2.85. The smallest absolute Gasteiger partial charge is 0.236 e. The van der Waals surface area contributed by atoms with Crippen molar-refractivity contribution in [2.24, 2.45) is 0 Å². The second kappa shape index (κ2) is 6.08. The molecule has 1 aliphatic heterocycles. The monoisotopic (exact) mass is 213 g/mol. The zero-order chi connectivity index (χ0) is 11.3. The Morgan fingerprint density at radius 1 is 1.33 bits per heavy atom. The van der Waals surface area contributed by atoms with E-state index in [9.17, 15) is 4.79 Å². The highest BCUT2D eigenvalue weighted by atomic mass is 16.2. The maximum absolute atomic E-state index is 11.5. The fraction of sp³-hybridized carbons (Fsp3) is 0.909. The summed E-state index contributed by atoms with van der Waals surface area (Å²) >= 11 is 0. The van der Waals surface area contributed by atoms with Gasteiger partial charge in [-0.25, -0.2) is 0 Å². The SMILES string of the molecule is CN(CC(=O)N(C)C)CC1CCCCN1. The Balaban J connectivity index is 2.22. The molecule has 1 unspecified atom stereocenters. The molecule has 1 N–H and O–H groups in total. The third kappa shape index (κ3) is 4.62. The van der Waals surface area contributed by atoms with Crippen LogP contribution in [0.3, 0.4) is 0 Å². The first kappa shape index (κ1) is 12.5. The minimum absolute atomic E-state index is 0.174. The molecule has 88 valence electrons. The van der Waals surface area contributed by atoms with E-state index in [0.29, 0.717) is 12.6 Å². The first-order valence-corrected chi connectivity index (χ1v) is 5.71. The molecule has 4 nitrogen and oxygen atoms in total. The number of hydrogen-bond acceptors (Lipinski definition) is 3. The van der Waals surface area contributed by atoms with Gasteiger partial charge in [0.2, 0.25) is 5.91 Å². The quantitative estimate of drug-likeness (QED) is 0.722. The lowest BCUT2D eigenvalue weighted by Gasteiger charge is -2.28. The summed E-state index contributed by atoms with van der Waals surface area (Å²) < 4.78 is 0. The summed E-state index contributed by atoms with van der Waals surface area (Å²) in [7, 11) is 5.61. The topological polar surface area (TPSA) is 35.6 Å². The second-order valence-electron chi connectivity index (χ2n) is 4.63. The van der Waals surface area contributed by atoms with Gasteiger partial charge < -0.3 is 10.2 Å². The van der Waals surface area contributed by atoms with E-state index in [2.05, 4.69) is 10.2 Å². The highest BCUT2D eigenvalue weighted by Gasteiger charge is 2.16. The lowest BCUT2D eigenvalue weighted by molar-refractivity contribution is -0.129. The second-order valence-corrected chi connectivity index (χ2v) is 4.63. The Morgan fingerprint density at radius 2 is 2.07 bits per heavy atom. The van der Waals surface area contributed by atoms with E-state index in [1.54, 1.807) is 19.0 Å². The average Bonchev–Trinajstić information content (AvgIpc) is 2.18. The van der Waals surface area contributed by atoms with Crippen LogP contribution in [0.1, 0.15) is 19.3 Å². The Labute approximate surface area is 92.6 Å². The lowest BCUT2D eigenvalue weighted by atomic mass is 10.0. The molecule has 0 aromatic rings. The molecular weight excluding hydrogens is 190 g/mol. The minimum atomic E-state index is 0.174. The third-order valence-corrected chi connectivity index (χ3v) is 2.85. The van der Waals surface area contributed by atoms with Crippen molar-refractivity contribution in [2.45, 2.75) is 25.3 Å². The number of carbonyl (C=O) groups excluding carboxylic acids is 1. The molecule has 0 aromatic carbocycles. The molecule has 1 atom stereocenters. The van der Waals surface area contributed by atoms with Crippen LogP contribution in [-0.2, 0) is 4.79 Å². The Hall–Kier alpha value is -0.610. The van der Waals surface area contributed by atoms with Gasteiger partial charge in [-0.2, -0.15) is 0 Å². The highest BCUT2D eigenvalue weighted by Crippen LogP contribution is 2.07. The van der Waals surface area contributed by atoms with Crippen LogP contribution in [0.4, 0.5) is 0 Å². The summed E-state index contributed by atoms with van der Waals surface area (Å²) in [4.78, 5) is 15.2. The molecule has 0 saturated carbocycles. The van der Waals surface area contributed by atoms with Crippen molar-refractivity contribution >= 4 is 5.91 Å². The van der Waals surface area contributed by atoms with E-state index in [4.69, 9.17) is 0 Å². The van der Waals surface area contributed by atoms with Crippen molar-refractivity contribution in [3.8, 4) is 0 Å². The van der Waals surface area contributed by atoms with Crippen molar-refractivity contribution in [1.29, 1.82) is 0 Å². The maximum atomic E-state index is 11.5. The fourth-order valence-corrected chi connectivity index (χ4v) is 1.89. The summed E-state index contributed by atoms with van der Waals surface area (Å²) in [5.41, 5.74) is 0. The van der Waals surface area contributed by atoms with Gasteiger partial charge in [0.05, 0.1) is 6.54 Å². The van der Waals surface area contributed by atoms with Gasteiger partial charge in [0.1, 0.15) is 0 Å². The van der Waals surface area contributed by atoms with Gasteiger partial charge in [-0.1, -0.05) is 6.42 Å². The van der Waals surface area contributed by atoms with Crippen LogP contribution in [0.2, 0.25) is 0 Å². The molecule has 0 spiro atoms. The van der Waals surface area contributed by atoms with Crippen molar-refractivity contribution in [1.82, 2.24) is 15.1 Å². The fourth-order valence-electron chi connectivity index (χ4n) is 1.89. The average molecular weight is 213 g/mol. The van der Waals surface area contributed by atoms with E-state index in [1.165, 1.54) is 19.3 Å². The van der Waals surface area contributed by atoms with Crippen molar-refractivity contribution in [3.63, 3.8) is 0 Å². The van der Waals surface area contributed by atoms with Crippen LogP contribution in [0, 0.1) is 0 Å². The van der Waals surface area contributed by atoms with E-state index in [1.807, 2.05) is 7.05 Å². The molecular formula is C11H23N3O. The van der Waals surface area contributed by atoms with Gasteiger partial charge in [-0.3, -0.25) is 9.69 Å². The number of amides is 1. The number of likely N-dealkylation sites (N-methyl/N-ethyl adjacent to an activating group) is 2. The highest BCUT2D eigenvalue weighted by molar-refractivity contribution is 5.77. The number of hydrogen-bond donors (Lipinski definition) is 1. The van der Waals surface area contributed by atoms with Gasteiger partial charge in [0.15, 0.2) is 0 Å². The first-order chi connectivity index (χ1) is 7.09. The summed E-state index contributed by atoms with van der Waals surface area (Å²) in [6.45, 7) is 2.62. The Bertz CT molecular complexity index is 200. The minimum Gasteiger partial charge on any atom is -0.348 e. The van der Waals surface area contributed by atoms with Gasteiger partial charge in [0.25, 0.3) is 0 Å².